The normalized spacial score (nSPS) is 21.4. The lowest BCUT2D eigenvalue weighted by atomic mass is 10.1. The number of aliphatic imine (C=N–C) groups is 1. The molecule has 0 aliphatic carbocycles. The molecule has 0 aromatic rings. The number of allylic oxidation sites excluding steroid dienone is 1. The second kappa shape index (κ2) is 11.4. The molecule has 1 aliphatic heterocycles. The van der Waals surface area contributed by atoms with Crippen molar-refractivity contribution in [2.75, 3.05) is 19.6 Å². The molecule has 0 saturated heterocycles. The van der Waals surface area contributed by atoms with Crippen molar-refractivity contribution in [1.29, 1.82) is 0 Å². The van der Waals surface area contributed by atoms with Crippen LogP contribution in [0.5, 0.6) is 0 Å². The van der Waals surface area contributed by atoms with E-state index in [4.69, 9.17) is 4.99 Å². The largest absolute Gasteiger partial charge is 0.307 e. The highest BCUT2D eigenvalue weighted by Gasteiger charge is 2.41. The molecule has 0 bridgehead atoms. The number of rotatable bonds is 13. The van der Waals surface area contributed by atoms with Gasteiger partial charge in [0.2, 0.25) is 5.91 Å². The molecule has 0 fully saturated rings. The maximum atomic E-state index is 11.4. The third kappa shape index (κ3) is 6.39. The van der Waals surface area contributed by atoms with E-state index in [1.165, 1.54) is 50.8 Å². The number of unbranched alkanes of at least 4 members (excludes halogenated alkanes) is 7. The van der Waals surface area contributed by atoms with Crippen LogP contribution in [0, 0.1) is 0 Å². The van der Waals surface area contributed by atoms with Crippen molar-refractivity contribution in [3.8, 4) is 0 Å². The first-order valence-electron chi connectivity index (χ1n) is 9.85. The standard InChI is InChI=1S/C20H37N3O/c1-5-7-8-9-10-11-12-13-14-15-20-21-16-17-23(20,6-2)18(3)22-19(4)24/h5,18H,1,6-17H2,2-4H3/p+1. The predicted molar refractivity (Wildman–Crippen MR) is 103 cm³/mol. The molecule has 4 nitrogen and oxygen atoms in total. The van der Waals surface area contributed by atoms with Crippen LogP contribution in [0.25, 0.3) is 0 Å². The molecule has 0 aromatic carbocycles. The van der Waals surface area contributed by atoms with Gasteiger partial charge in [-0.1, -0.05) is 38.2 Å². The molecule has 1 rings (SSSR count). The van der Waals surface area contributed by atoms with Gasteiger partial charge in [-0.2, -0.15) is 0 Å². The highest BCUT2D eigenvalue weighted by molar-refractivity contribution is 5.78. The third-order valence-corrected chi connectivity index (χ3v) is 5.33. The fourth-order valence-electron chi connectivity index (χ4n) is 3.83. The van der Waals surface area contributed by atoms with Gasteiger partial charge in [0, 0.05) is 20.3 Å². The molecule has 1 heterocycles. The Morgan fingerprint density at radius 2 is 1.88 bits per heavy atom. The summed E-state index contributed by atoms with van der Waals surface area (Å²) in [6.45, 7) is 12.6. The first kappa shape index (κ1) is 20.9. The molecule has 0 aromatic heterocycles. The minimum atomic E-state index is 0.0520. The number of amidine groups is 1. The first-order valence-corrected chi connectivity index (χ1v) is 9.85. The molecule has 138 valence electrons. The molecule has 4 heteroatoms. The van der Waals surface area contributed by atoms with Gasteiger partial charge in [0.05, 0.1) is 13.1 Å². The first-order chi connectivity index (χ1) is 11.6. The summed E-state index contributed by atoms with van der Waals surface area (Å²) in [6, 6.07) is 0. The van der Waals surface area contributed by atoms with Crippen LogP contribution in [-0.2, 0) is 4.79 Å². The van der Waals surface area contributed by atoms with Crippen LogP contribution in [-0.4, -0.2) is 42.0 Å². The van der Waals surface area contributed by atoms with E-state index in [9.17, 15) is 4.79 Å². The Morgan fingerprint density at radius 3 is 2.46 bits per heavy atom. The zero-order chi connectivity index (χ0) is 17.8. The minimum Gasteiger partial charge on any atom is -0.307 e. The van der Waals surface area contributed by atoms with E-state index in [0.29, 0.717) is 0 Å². The highest BCUT2D eigenvalue weighted by atomic mass is 16.1. The van der Waals surface area contributed by atoms with Crippen molar-refractivity contribution in [3.63, 3.8) is 0 Å². The van der Waals surface area contributed by atoms with Gasteiger partial charge < -0.3 is 5.32 Å². The third-order valence-electron chi connectivity index (χ3n) is 5.33. The van der Waals surface area contributed by atoms with Gasteiger partial charge in [0.1, 0.15) is 6.54 Å². The fourth-order valence-corrected chi connectivity index (χ4v) is 3.83. The number of quaternary nitrogens is 1. The van der Waals surface area contributed by atoms with Crippen molar-refractivity contribution < 1.29 is 9.28 Å². The number of nitrogens with zero attached hydrogens (tertiary/aromatic N) is 2. The summed E-state index contributed by atoms with van der Waals surface area (Å²) in [5.41, 5.74) is 0. The second-order valence-corrected chi connectivity index (χ2v) is 7.05. The van der Waals surface area contributed by atoms with Crippen LogP contribution >= 0.6 is 0 Å². The van der Waals surface area contributed by atoms with Crippen molar-refractivity contribution >= 4 is 11.7 Å². The minimum absolute atomic E-state index is 0.0520. The Bertz CT molecular complexity index is 419. The van der Waals surface area contributed by atoms with Gasteiger partial charge >= 0.3 is 0 Å². The molecule has 2 atom stereocenters. The zero-order valence-corrected chi connectivity index (χ0v) is 16.1. The van der Waals surface area contributed by atoms with Crippen molar-refractivity contribution in [2.45, 2.75) is 84.7 Å². The summed E-state index contributed by atoms with van der Waals surface area (Å²) in [5, 5.41) is 3.09. The molecule has 2 unspecified atom stereocenters. The average Bonchev–Trinajstić information content (AvgIpc) is 2.97. The Balaban J connectivity index is 2.30. The number of likely N-dealkylation sites (N-methyl/N-ethyl adjacent to an activating group) is 1. The van der Waals surface area contributed by atoms with Crippen LogP contribution in [0.3, 0.4) is 0 Å². The van der Waals surface area contributed by atoms with E-state index in [1.807, 2.05) is 6.08 Å². The van der Waals surface area contributed by atoms with Gasteiger partial charge in [0.25, 0.3) is 0 Å². The van der Waals surface area contributed by atoms with Gasteiger partial charge in [-0.15, -0.1) is 6.58 Å². The summed E-state index contributed by atoms with van der Waals surface area (Å²) in [6.07, 6.45) is 13.5. The summed E-state index contributed by atoms with van der Waals surface area (Å²) >= 11 is 0. The Morgan fingerprint density at radius 1 is 1.25 bits per heavy atom. The van der Waals surface area contributed by atoms with E-state index in [-0.39, 0.29) is 12.1 Å². The molecule has 1 N–H and O–H groups in total. The van der Waals surface area contributed by atoms with Gasteiger partial charge in [-0.25, -0.2) is 4.99 Å². The Hall–Kier alpha value is -1.16. The monoisotopic (exact) mass is 336 g/mol. The van der Waals surface area contributed by atoms with Crippen LogP contribution in [0.2, 0.25) is 0 Å². The van der Waals surface area contributed by atoms with Crippen LogP contribution in [0.15, 0.2) is 17.6 Å². The maximum Gasteiger partial charge on any atom is 0.221 e. The van der Waals surface area contributed by atoms with Gasteiger partial charge in [0.15, 0.2) is 12.0 Å². The SMILES string of the molecule is C=CCCCCCCCCCC1=NCC[N+]1(CC)C(C)NC(C)=O. The average molecular weight is 337 g/mol. The number of hydrogen-bond acceptors (Lipinski definition) is 2. The van der Waals surface area contributed by atoms with E-state index < -0.39 is 0 Å². The topological polar surface area (TPSA) is 41.5 Å². The molecular formula is C20H38N3O+. The number of nitrogens with one attached hydrogen (secondary N) is 1. The molecule has 0 saturated carbocycles. The van der Waals surface area contributed by atoms with Gasteiger partial charge in [-0.05, 0) is 26.2 Å². The van der Waals surface area contributed by atoms with Crippen molar-refractivity contribution in [3.05, 3.63) is 12.7 Å². The summed E-state index contributed by atoms with van der Waals surface area (Å²) in [7, 11) is 0. The quantitative estimate of drug-likeness (QED) is 0.302. The highest BCUT2D eigenvalue weighted by Crippen LogP contribution is 2.23. The lowest BCUT2D eigenvalue weighted by Crippen LogP contribution is -2.62. The molecule has 0 spiro atoms. The van der Waals surface area contributed by atoms with Crippen molar-refractivity contribution in [2.24, 2.45) is 4.99 Å². The maximum absolute atomic E-state index is 11.4. The van der Waals surface area contributed by atoms with Crippen LogP contribution in [0.4, 0.5) is 0 Å². The van der Waals surface area contributed by atoms with E-state index in [2.05, 4.69) is 25.7 Å². The molecule has 24 heavy (non-hydrogen) atoms. The number of amides is 1. The van der Waals surface area contributed by atoms with E-state index >= 15 is 0 Å². The lowest BCUT2D eigenvalue weighted by molar-refractivity contribution is -0.861. The summed E-state index contributed by atoms with van der Waals surface area (Å²) in [4.78, 5) is 16.2. The van der Waals surface area contributed by atoms with Crippen LogP contribution in [0.1, 0.15) is 78.6 Å². The summed E-state index contributed by atoms with van der Waals surface area (Å²) < 4.78 is 0.848. The van der Waals surface area contributed by atoms with Crippen LogP contribution < -0.4 is 5.32 Å². The van der Waals surface area contributed by atoms with Gasteiger partial charge in [-0.3, -0.25) is 9.28 Å². The molecular weight excluding hydrogens is 298 g/mol. The summed E-state index contributed by atoms with van der Waals surface area (Å²) in [5.74, 6) is 1.35. The smallest absolute Gasteiger partial charge is 0.221 e. The number of hydrogen-bond donors (Lipinski definition) is 1. The Kier molecular flexibility index (Phi) is 9.92. The molecule has 1 amide bonds. The zero-order valence-electron chi connectivity index (χ0n) is 16.1. The van der Waals surface area contributed by atoms with E-state index in [0.717, 1.165) is 37.0 Å². The Labute approximate surface area is 149 Å². The van der Waals surface area contributed by atoms with E-state index in [1.54, 1.807) is 6.92 Å². The second-order valence-electron chi connectivity index (χ2n) is 7.05. The molecule has 1 aliphatic rings. The number of carbonyl (C=O) groups excluding carboxylic acids is 1. The lowest BCUT2D eigenvalue weighted by Gasteiger charge is -2.39. The molecule has 0 radical (unpaired) electrons. The van der Waals surface area contributed by atoms with Crippen molar-refractivity contribution in [1.82, 2.24) is 5.32 Å². The fraction of sp³-hybridized carbons (Fsp3) is 0.800. The number of carbonyl (C=O) groups is 1. The predicted octanol–water partition coefficient (Wildman–Crippen LogP) is 4.41.